The number of hydrogen-bond donors (Lipinski definition) is 2. The summed E-state index contributed by atoms with van der Waals surface area (Å²) in [5.41, 5.74) is 5.22. The van der Waals surface area contributed by atoms with Gasteiger partial charge in [0, 0.05) is 10.6 Å². The number of H-pyrrole nitrogens is 1. The van der Waals surface area contributed by atoms with Crippen LogP contribution in [0.25, 0.3) is 11.3 Å². The lowest BCUT2D eigenvalue weighted by molar-refractivity contribution is 0.0950. The Bertz CT molecular complexity index is 843. The van der Waals surface area contributed by atoms with Crippen molar-refractivity contribution in [2.24, 2.45) is 5.10 Å². The van der Waals surface area contributed by atoms with Crippen molar-refractivity contribution < 1.29 is 4.79 Å². The van der Waals surface area contributed by atoms with E-state index in [0.717, 1.165) is 11.1 Å². The quantitative estimate of drug-likeness (QED) is 0.569. The minimum atomic E-state index is -0.363. The molecule has 23 heavy (non-hydrogen) atoms. The summed E-state index contributed by atoms with van der Waals surface area (Å²) in [5, 5.41) is 11.4. The lowest BCUT2D eigenvalue weighted by Crippen LogP contribution is -2.17. The van der Waals surface area contributed by atoms with E-state index in [1.54, 1.807) is 18.2 Å². The Labute approximate surface area is 138 Å². The van der Waals surface area contributed by atoms with Gasteiger partial charge in [-0.15, -0.1) is 0 Å². The fraction of sp³-hybridized carbons (Fsp3) is 0. The van der Waals surface area contributed by atoms with E-state index in [9.17, 15) is 4.79 Å². The van der Waals surface area contributed by atoms with Crippen molar-refractivity contribution in [2.75, 3.05) is 0 Å². The van der Waals surface area contributed by atoms with Crippen LogP contribution in [0.15, 0.2) is 65.8 Å². The van der Waals surface area contributed by atoms with Crippen LogP contribution < -0.4 is 5.43 Å². The maximum absolute atomic E-state index is 12.0. The number of hydrogen-bond acceptors (Lipinski definition) is 3. The summed E-state index contributed by atoms with van der Waals surface area (Å²) >= 11 is 5.88. The van der Waals surface area contributed by atoms with Crippen molar-refractivity contribution in [1.82, 2.24) is 15.6 Å². The number of nitrogens with zero attached hydrogens (tertiary/aromatic N) is 2. The van der Waals surface area contributed by atoms with E-state index < -0.39 is 0 Å². The first-order chi connectivity index (χ1) is 11.2. The van der Waals surface area contributed by atoms with Gasteiger partial charge in [-0.25, -0.2) is 5.43 Å². The van der Waals surface area contributed by atoms with Gasteiger partial charge in [-0.3, -0.25) is 9.89 Å². The SMILES string of the molecule is O=C(NN=Cc1cccc(Cl)c1)c1cc(-c2ccccc2)n[nH]1. The fourth-order valence-electron chi connectivity index (χ4n) is 2.01. The molecule has 1 aromatic heterocycles. The van der Waals surface area contributed by atoms with Gasteiger partial charge in [-0.2, -0.15) is 10.2 Å². The summed E-state index contributed by atoms with van der Waals surface area (Å²) in [6, 6.07) is 18.5. The highest BCUT2D eigenvalue weighted by atomic mass is 35.5. The number of benzene rings is 2. The second-order valence-corrected chi connectivity index (χ2v) is 5.22. The minimum absolute atomic E-state index is 0.340. The number of nitrogens with one attached hydrogen (secondary N) is 2. The molecule has 0 radical (unpaired) electrons. The van der Waals surface area contributed by atoms with Crippen LogP contribution in [0.4, 0.5) is 0 Å². The highest BCUT2D eigenvalue weighted by Gasteiger charge is 2.09. The van der Waals surface area contributed by atoms with Crippen molar-refractivity contribution in [3.05, 3.63) is 76.9 Å². The number of hydrazone groups is 1. The van der Waals surface area contributed by atoms with Crippen molar-refractivity contribution >= 4 is 23.7 Å². The molecule has 0 aliphatic rings. The summed E-state index contributed by atoms with van der Waals surface area (Å²) in [6.07, 6.45) is 1.53. The molecule has 2 N–H and O–H groups in total. The first kappa shape index (κ1) is 15.0. The molecular formula is C17H13ClN4O. The lowest BCUT2D eigenvalue weighted by Gasteiger charge is -1.96. The Morgan fingerprint density at radius 2 is 1.96 bits per heavy atom. The summed E-state index contributed by atoms with van der Waals surface area (Å²) in [5.74, 6) is -0.363. The maximum atomic E-state index is 12.0. The Morgan fingerprint density at radius 1 is 1.13 bits per heavy atom. The summed E-state index contributed by atoms with van der Waals surface area (Å²) in [6.45, 7) is 0. The first-order valence-corrected chi connectivity index (χ1v) is 7.30. The Morgan fingerprint density at radius 3 is 2.74 bits per heavy atom. The van der Waals surface area contributed by atoms with E-state index >= 15 is 0 Å². The summed E-state index contributed by atoms with van der Waals surface area (Å²) in [7, 11) is 0. The second-order valence-electron chi connectivity index (χ2n) is 4.79. The van der Waals surface area contributed by atoms with E-state index in [-0.39, 0.29) is 5.91 Å². The molecule has 2 aromatic carbocycles. The van der Waals surface area contributed by atoms with Gasteiger partial charge in [-0.1, -0.05) is 54.1 Å². The van der Waals surface area contributed by atoms with Gasteiger partial charge < -0.3 is 0 Å². The molecule has 0 bridgehead atoms. The zero-order valence-corrected chi connectivity index (χ0v) is 12.8. The van der Waals surface area contributed by atoms with Crippen LogP contribution in [0.1, 0.15) is 16.1 Å². The Kier molecular flexibility index (Phi) is 4.49. The molecule has 0 atom stereocenters. The molecule has 5 nitrogen and oxygen atoms in total. The van der Waals surface area contributed by atoms with E-state index in [4.69, 9.17) is 11.6 Å². The number of aromatic nitrogens is 2. The first-order valence-electron chi connectivity index (χ1n) is 6.92. The third-order valence-corrected chi connectivity index (χ3v) is 3.36. The molecule has 0 saturated heterocycles. The van der Waals surface area contributed by atoms with Crippen molar-refractivity contribution in [2.45, 2.75) is 0 Å². The van der Waals surface area contributed by atoms with Crippen LogP contribution >= 0.6 is 11.6 Å². The van der Waals surface area contributed by atoms with Crippen molar-refractivity contribution in [3.63, 3.8) is 0 Å². The molecule has 3 rings (SSSR count). The number of amides is 1. The number of rotatable bonds is 4. The van der Waals surface area contributed by atoms with Gasteiger partial charge in [0.05, 0.1) is 11.9 Å². The van der Waals surface area contributed by atoms with E-state index in [2.05, 4.69) is 20.7 Å². The fourth-order valence-corrected chi connectivity index (χ4v) is 2.21. The summed E-state index contributed by atoms with van der Waals surface area (Å²) in [4.78, 5) is 12.0. The maximum Gasteiger partial charge on any atom is 0.289 e. The molecule has 1 heterocycles. The third kappa shape index (κ3) is 3.84. The van der Waals surface area contributed by atoms with Crippen molar-refractivity contribution in [1.29, 1.82) is 0 Å². The predicted octanol–water partition coefficient (Wildman–Crippen LogP) is 3.49. The van der Waals surface area contributed by atoms with Crippen LogP contribution in [-0.4, -0.2) is 22.3 Å². The normalized spacial score (nSPS) is 10.8. The molecule has 0 spiro atoms. The van der Waals surface area contributed by atoms with Crippen LogP contribution in [0.2, 0.25) is 5.02 Å². The van der Waals surface area contributed by atoms with E-state index in [1.807, 2.05) is 42.5 Å². The Balaban J connectivity index is 1.66. The molecular weight excluding hydrogens is 312 g/mol. The van der Waals surface area contributed by atoms with Gasteiger partial charge in [0.25, 0.3) is 5.91 Å². The molecule has 6 heteroatoms. The second kappa shape index (κ2) is 6.89. The van der Waals surface area contributed by atoms with E-state index in [1.165, 1.54) is 6.21 Å². The third-order valence-electron chi connectivity index (χ3n) is 3.12. The van der Waals surface area contributed by atoms with Gasteiger partial charge in [0.1, 0.15) is 5.69 Å². The number of carbonyl (C=O) groups excluding carboxylic acids is 1. The average molecular weight is 325 g/mol. The summed E-state index contributed by atoms with van der Waals surface area (Å²) < 4.78 is 0. The standard InChI is InChI=1S/C17H13ClN4O/c18-14-8-4-5-12(9-14)11-19-22-17(23)16-10-15(20-21-16)13-6-2-1-3-7-13/h1-11H,(H,20,21)(H,22,23). The highest BCUT2D eigenvalue weighted by molar-refractivity contribution is 6.30. The van der Waals surface area contributed by atoms with Crippen LogP contribution in [0.3, 0.4) is 0 Å². The number of halogens is 1. The largest absolute Gasteiger partial charge is 0.289 e. The van der Waals surface area contributed by atoms with Gasteiger partial charge in [0.15, 0.2) is 0 Å². The smallest absolute Gasteiger partial charge is 0.272 e. The van der Waals surface area contributed by atoms with Gasteiger partial charge in [-0.05, 0) is 23.8 Å². The average Bonchev–Trinajstić information content (AvgIpc) is 3.06. The molecule has 3 aromatic rings. The monoisotopic (exact) mass is 324 g/mol. The molecule has 0 saturated carbocycles. The number of carbonyl (C=O) groups is 1. The van der Waals surface area contributed by atoms with Crippen LogP contribution in [0.5, 0.6) is 0 Å². The van der Waals surface area contributed by atoms with Crippen LogP contribution in [0, 0.1) is 0 Å². The molecule has 0 aliphatic carbocycles. The predicted molar refractivity (Wildman–Crippen MR) is 90.5 cm³/mol. The molecule has 1 amide bonds. The topological polar surface area (TPSA) is 70.1 Å². The highest BCUT2D eigenvalue weighted by Crippen LogP contribution is 2.16. The van der Waals surface area contributed by atoms with Crippen molar-refractivity contribution in [3.8, 4) is 11.3 Å². The van der Waals surface area contributed by atoms with Gasteiger partial charge >= 0.3 is 0 Å². The molecule has 0 fully saturated rings. The molecule has 0 unspecified atom stereocenters. The molecule has 114 valence electrons. The lowest BCUT2D eigenvalue weighted by atomic mass is 10.1. The number of aromatic amines is 1. The zero-order valence-electron chi connectivity index (χ0n) is 12.0. The molecule has 0 aliphatic heterocycles. The van der Waals surface area contributed by atoms with Crippen LogP contribution in [-0.2, 0) is 0 Å². The van der Waals surface area contributed by atoms with E-state index in [0.29, 0.717) is 16.4 Å². The minimum Gasteiger partial charge on any atom is -0.272 e. The zero-order chi connectivity index (χ0) is 16.1. The van der Waals surface area contributed by atoms with Gasteiger partial charge in [0.2, 0.25) is 0 Å². The Hall–Kier alpha value is -2.92.